The molecule has 22 heavy (non-hydrogen) atoms. The lowest BCUT2D eigenvalue weighted by molar-refractivity contribution is -0.124. The molecule has 1 heterocycles. The summed E-state index contributed by atoms with van der Waals surface area (Å²) in [5, 5.41) is 2.61. The van der Waals surface area contributed by atoms with Crippen molar-refractivity contribution in [3.8, 4) is 5.75 Å². The average molecular weight is 295 g/mol. The fourth-order valence-electron chi connectivity index (χ4n) is 2.76. The first-order chi connectivity index (χ1) is 10.7. The molecule has 1 aliphatic rings. The van der Waals surface area contributed by atoms with Crippen LogP contribution < -0.4 is 15.8 Å². The highest BCUT2D eigenvalue weighted by Crippen LogP contribution is 2.35. The molecule has 5 nitrogen and oxygen atoms in total. The fourth-order valence-corrected chi connectivity index (χ4v) is 2.76. The van der Waals surface area contributed by atoms with Crippen LogP contribution in [0.25, 0.3) is 0 Å². The van der Waals surface area contributed by atoms with Gasteiger partial charge in [0.25, 0.3) is 5.91 Å². The first-order valence-corrected chi connectivity index (χ1v) is 7.00. The number of nitrogens with one attached hydrogen (secondary N) is 1. The number of guanidine groups is 1. The molecule has 1 atom stereocenters. The third-order valence-electron chi connectivity index (χ3n) is 3.82. The van der Waals surface area contributed by atoms with Crippen LogP contribution >= 0.6 is 0 Å². The minimum absolute atomic E-state index is 0.142. The summed E-state index contributed by atoms with van der Waals surface area (Å²) in [4.78, 5) is 17.0. The zero-order valence-corrected chi connectivity index (χ0v) is 12.2. The van der Waals surface area contributed by atoms with Gasteiger partial charge in [-0.15, -0.1) is 0 Å². The molecule has 0 spiro atoms. The fraction of sp³-hybridized carbons (Fsp3) is 0.176. The van der Waals surface area contributed by atoms with Crippen LogP contribution in [0.3, 0.4) is 0 Å². The Morgan fingerprint density at radius 3 is 2.45 bits per heavy atom. The van der Waals surface area contributed by atoms with Crippen molar-refractivity contribution in [2.24, 2.45) is 10.7 Å². The summed E-state index contributed by atoms with van der Waals surface area (Å²) >= 11 is 0. The molecule has 112 valence electrons. The highest BCUT2D eigenvalue weighted by atomic mass is 16.5. The molecule has 0 saturated carbocycles. The Morgan fingerprint density at radius 2 is 1.82 bits per heavy atom. The molecule has 1 aliphatic heterocycles. The Balaban J connectivity index is 2.10. The minimum atomic E-state index is -1.06. The predicted molar refractivity (Wildman–Crippen MR) is 84.6 cm³/mol. The van der Waals surface area contributed by atoms with Gasteiger partial charge in [0.15, 0.2) is 11.5 Å². The highest BCUT2D eigenvalue weighted by Gasteiger charge is 2.45. The van der Waals surface area contributed by atoms with Gasteiger partial charge in [-0.3, -0.25) is 10.1 Å². The lowest BCUT2D eigenvalue weighted by atomic mass is 9.84. The number of hydrogen-bond donors (Lipinski definition) is 2. The van der Waals surface area contributed by atoms with E-state index in [4.69, 9.17) is 10.5 Å². The molecule has 5 heteroatoms. The minimum Gasteiger partial charge on any atom is -0.496 e. The van der Waals surface area contributed by atoms with Crippen LogP contribution in [0, 0.1) is 0 Å². The molecular formula is C17H17N3O2. The van der Waals surface area contributed by atoms with Gasteiger partial charge in [-0.25, -0.2) is 4.99 Å². The van der Waals surface area contributed by atoms with E-state index >= 15 is 0 Å². The first kappa shape index (κ1) is 14.1. The van der Waals surface area contributed by atoms with Crippen LogP contribution in [0.15, 0.2) is 59.6 Å². The molecule has 2 aromatic rings. The van der Waals surface area contributed by atoms with Crippen LogP contribution in [0.1, 0.15) is 11.1 Å². The quantitative estimate of drug-likeness (QED) is 0.899. The number of nitrogens with zero attached hydrogens (tertiary/aromatic N) is 1. The maximum absolute atomic E-state index is 12.6. The zero-order valence-electron chi connectivity index (χ0n) is 12.2. The maximum Gasteiger partial charge on any atom is 0.259 e. The van der Waals surface area contributed by atoms with Crippen molar-refractivity contribution < 1.29 is 9.53 Å². The van der Waals surface area contributed by atoms with Crippen LogP contribution in [0.4, 0.5) is 0 Å². The van der Waals surface area contributed by atoms with Gasteiger partial charge in [-0.2, -0.15) is 0 Å². The topological polar surface area (TPSA) is 76.7 Å². The number of aliphatic imine (C=N–C) groups is 1. The smallest absolute Gasteiger partial charge is 0.259 e. The number of nitrogens with two attached hydrogens (primary N) is 1. The summed E-state index contributed by atoms with van der Waals surface area (Å²) in [5.74, 6) is 0.650. The molecule has 0 bridgehead atoms. The van der Waals surface area contributed by atoms with E-state index < -0.39 is 5.54 Å². The van der Waals surface area contributed by atoms with Gasteiger partial charge in [0.2, 0.25) is 0 Å². The Morgan fingerprint density at radius 1 is 1.14 bits per heavy atom. The number of methoxy groups -OCH3 is 1. The molecule has 0 aliphatic carbocycles. The number of rotatable bonds is 4. The monoisotopic (exact) mass is 295 g/mol. The van der Waals surface area contributed by atoms with Gasteiger partial charge in [0.1, 0.15) is 5.75 Å². The molecular weight excluding hydrogens is 278 g/mol. The SMILES string of the molecule is COc1ccccc1C[C@]1(c2ccccc2)N=C(N)NC1=O. The van der Waals surface area contributed by atoms with Crippen molar-refractivity contribution in [2.75, 3.05) is 7.11 Å². The number of benzene rings is 2. The van der Waals surface area contributed by atoms with E-state index in [-0.39, 0.29) is 11.9 Å². The van der Waals surface area contributed by atoms with E-state index in [2.05, 4.69) is 10.3 Å². The number of carbonyl (C=O) groups is 1. The van der Waals surface area contributed by atoms with Crippen molar-refractivity contribution in [1.82, 2.24) is 5.32 Å². The molecule has 3 rings (SSSR count). The maximum atomic E-state index is 12.6. The Labute approximate surface area is 128 Å². The molecule has 1 amide bonds. The molecule has 0 radical (unpaired) electrons. The lowest BCUT2D eigenvalue weighted by Crippen LogP contribution is -2.40. The van der Waals surface area contributed by atoms with Crippen molar-refractivity contribution in [3.05, 3.63) is 65.7 Å². The van der Waals surface area contributed by atoms with Gasteiger partial charge in [-0.1, -0.05) is 48.5 Å². The second-order valence-corrected chi connectivity index (χ2v) is 5.17. The van der Waals surface area contributed by atoms with Crippen LogP contribution in [0.2, 0.25) is 0 Å². The second kappa shape index (κ2) is 5.52. The first-order valence-electron chi connectivity index (χ1n) is 7.00. The van der Waals surface area contributed by atoms with E-state index in [0.29, 0.717) is 6.42 Å². The summed E-state index contributed by atoms with van der Waals surface area (Å²) < 4.78 is 5.39. The van der Waals surface area contributed by atoms with E-state index in [1.165, 1.54) is 0 Å². The molecule has 3 N–H and O–H groups in total. The third kappa shape index (κ3) is 2.30. The summed E-state index contributed by atoms with van der Waals surface area (Å²) in [6, 6.07) is 17.1. The molecule has 0 aromatic heterocycles. The number of carbonyl (C=O) groups excluding carboxylic acids is 1. The van der Waals surface area contributed by atoms with Crippen LogP contribution in [-0.4, -0.2) is 19.0 Å². The van der Waals surface area contributed by atoms with E-state index in [1.54, 1.807) is 7.11 Å². The van der Waals surface area contributed by atoms with Gasteiger partial charge < -0.3 is 10.5 Å². The lowest BCUT2D eigenvalue weighted by Gasteiger charge is -2.24. The predicted octanol–water partition coefficient (Wildman–Crippen LogP) is 1.58. The number of para-hydroxylation sites is 1. The van der Waals surface area contributed by atoms with Crippen LogP contribution in [0.5, 0.6) is 5.75 Å². The van der Waals surface area contributed by atoms with Gasteiger partial charge >= 0.3 is 0 Å². The summed E-state index contributed by atoms with van der Waals surface area (Å²) in [7, 11) is 1.61. The number of hydrogen-bond acceptors (Lipinski definition) is 4. The molecule has 0 fully saturated rings. The summed E-state index contributed by atoms with van der Waals surface area (Å²) in [6.45, 7) is 0. The normalized spacial score (nSPS) is 20.4. The molecule has 0 unspecified atom stereocenters. The highest BCUT2D eigenvalue weighted by molar-refractivity contribution is 6.07. The average Bonchev–Trinajstić information content (AvgIpc) is 2.83. The van der Waals surface area contributed by atoms with E-state index in [0.717, 1.165) is 16.9 Å². The third-order valence-corrected chi connectivity index (χ3v) is 3.82. The van der Waals surface area contributed by atoms with E-state index in [9.17, 15) is 4.79 Å². The summed E-state index contributed by atoms with van der Waals surface area (Å²) in [6.07, 6.45) is 0.383. The van der Waals surface area contributed by atoms with Gasteiger partial charge in [0.05, 0.1) is 7.11 Å². The largest absolute Gasteiger partial charge is 0.496 e. The van der Waals surface area contributed by atoms with Crippen molar-refractivity contribution in [1.29, 1.82) is 0 Å². The number of amides is 1. The zero-order chi connectivity index (χ0) is 15.6. The Hall–Kier alpha value is -2.82. The van der Waals surface area contributed by atoms with Crippen molar-refractivity contribution in [3.63, 3.8) is 0 Å². The second-order valence-electron chi connectivity index (χ2n) is 5.17. The van der Waals surface area contributed by atoms with Crippen molar-refractivity contribution in [2.45, 2.75) is 12.0 Å². The van der Waals surface area contributed by atoms with E-state index in [1.807, 2.05) is 54.6 Å². The van der Waals surface area contributed by atoms with Crippen molar-refractivity contribution >= 4 is 11.9 Å². The molecule has 0 saturated heterocycles. The van der Waals surface area contributed by atoms with Gasteiger partial charge in [-0.05, 0) is 17.2 Å². The Bertz CT molecular complexity index is 728. The van der Waals surface area contributed by atoms with Gasteiger partial charge in [0, 0.05) is 6.42 Å². The number of ether oxygens (including phenoxy) is 1. The summed E-state index contributed by atoms with van der Waals surface area (Å²) in [5.41, 5.74) is 6.40. The molecule has 2 aromatic carbocycles. The standard InChI is InChI=1S/C17H17N3O2/c1-22-14-10-6-5-7-12(14)11-17(13-8-3-2-4-9-13)15(21)19-16(18)20-17/h2-10H,11H2,1H3,(H3,18,19,20,21)/t17-/m1/s1. The Kier molecular flexibility index (Phi) is 3.55. The van der Waals surface area contributed by atoms with Crippen LogP contribution in [-0.2, 0) is 16.8 Å².